The smallest absolute Gasteiger partial charge is 0.255 e. The number of quaternary nitrogens is 1. The summed E-state index contributed by atoms with van der Waals surface area (Å²) in [6.45, 7) is 4.70. The van der Waals surface area contributed by atoms with Crippen LogP contribution < -0.4 is 14.4 Å². The molecule has 0 aromatic heterocycles. The molecule has 0 radical (unpaired) electrons. The number of fused-ring (bicyclic) bond motifs is 1. The van der Waals surface area contributed by atoms with Crippen molar-refractivity contribution in [1.29, 1.82) is 0 Å². The highest BCUT2D eigenvalue weighted by Crippen LogP contribution is 2.32. The number of carbonyl (C=O) groups excluding carboxylic acids is 1. The molecule has 0 aliphatic carbocycles. The third-order valence-electron chi connectivity index (χ3n) is 4.75. The molecule has 25 heavy (non-hydrogen) atoms. The molecule has 0 bridgehead atoms. The van der Waals surface area contributed by atoms with Crippen LogP contribution in [-0.4, -0.2) is 43.8 Å². The van der Waals surface area contributed by atoms with Crippen molar-refractivity contribution in [3.05, 3.63) is 58.1 Å². The molecular formula is C19H20BrN2O3+. The first kappa shape index (κ1) is 16.4. The number of amides is 1. The summed E-state index contributed by atoms with van der Waals surface area (Å²) in [6, 6.07) is 13.7. The molecule has 6 heteroatoms. The van der Waals surface area contributed by atoms with Gasteiger partial charge in [-0.25, -0.2) is 0 Å². The highest BCUT2D eigenvalue weighted by molar-refractivity contribution is 9.10. The Morgan fingerprint density at radius 2 is 1.84 bits per heavy atom. The normalized spacial score (nSPS) is 16.9. The van der Waals surface area contributed by atoms with Crippen molar-refractivity contribution in [3.8, 4) is 11.5 Å². The van der Waals surface area contributed by atoms with E-state index in [2.05, 4.69) is 28.1 Å². The number of ether oxygens (including phenoxy) is 2. The van der Waals surface area contributed by atoms with Crippen molar-refractivity contribution in [2.24, 2.45) is 0 Å². The summed E-state index contributed by atoms with van der Waals surface area (Å²) in [6.07, 6.45) is 0. The van der Waals surface area contributed by atoms with Gasteiger partial charge >= 0.3 is 0 Å². The van der Waals surface area contributed by atoms with Crippen molar-refractivity contribution < 1.29 is 19.2 Å². The summed E-state index contributed by atoms with van der Waals surface area (Å²) >= 11 is 3.47. The Morgan fingerprint density at radius 3 is 2.64 bits per heavy atom. The lowest BCUT2D eigenvalue weighted by Crippen LogP contribution is -3.13. The summed E-state index contributed by atoms with van der Waals surface area (Å²) in [5.74, 6) is 1.76. The van der Waals surface area contributed by atoms with E-state index in [4.69, 9.17) is 9.47 Å². The van der Waals surface area contributed by atoms with Crippen LogP contribution in [0, 0.1) is 0 Å². The van der Waals surface area contributed by atoms with Crippen LogP contribution in [0.25, 0.3) is 0 Å². The number of hydrogen-bond acceptors (Lipinski definition) is 3. The zero-order valence-electron chi connectivity index (χ0n) is 13.8. The lowest BCUT2D eigenvalue weighted by Gasteiger charge is -2.32. The molecule has 1 amide bonds. The topological polar surface area (TPSA) is 43.2 Å². The predicted molar refractivity (Wildman–Crippen MR) is 97.0 cm³/mol. The third-order valence-corrected chi connectivity index (χ3v) is 5.44. The van der Waals surface area contributed by atoms with E-state index in [1.54, 1.807) is 0 Å². The Balaban J connectivity index is 1.35. The van der Waals surface area contributed by atoms with Gasteiger partial charge in [0.25, 0.3) is 5.91 Å². The first-order chi connectivity index (χ1) is 12.2. The van der Waals surface area contributed by atoms with Gasteiger partial charge in [0.15, 0.2) is 11.5 Å². The van der Waals surface area contributed by atoms with Crippen LogP contribution >= 0.6 is 15.9 Å². The Kier molecular flexibility index (Phi) is 4.63. The fourth-order valence-electron chi connectivity index (χ4n) is 3.35. The molecule has 2 aromatic carbocycles. The standard InChI is InChI=1S/C19H19BrN2O3/c20-16-4-2-1-3-15(16)19(23)22-9-7-21(8-10-22)12-14-5-6-17-18(11-14)25-13-24-17/h1-6,11H,7-10,12-13H2/p+1. The van der Waals surface area contributed by atoms with Gasteiger partial charge in [0.1, 0.15) is 6.54 Å². The second-order valence-corrected chi connectivity index (χ2v) is 7.24. The Labute approximate surface area is 155 Å². The van der Waals surface area contributed by atoms with Crippen LogP contribution in [0.1, 0.15) is 15.9 Å². The molecule has 2 aliphatic heterocycles. The van der Waals surface area contributed by atoms with Gasteiger partial charge < -0.3 is 19.3 Å². The van der Waals surface area contributed by atoms with Gasteiger partial charge in [-0.05, 0) is 46.3 Å². The van der Waals surface area contributed by atoms with Gasteiger partial charge in [-0.3, -0.25) is 4.79 Å². The van der Waals surface area contributed by atoms with E-state index in [1.807, 2.05) is 35.2 Å². The summed E-state index contributed by atoms with van der Waals surface area (Å²) < 4.78 is 11.7. The molecule has 2 heterocycles. The van der Waals surface area contributed by atoms with Crippen LogP contribution in [0.15, 0.2) is 46.9 Å². The monoisotopic (exact) mass is 403 g/mol. The van der Waals surface area contributed by atoms with Gasteiger partial charge in [-0.2, -0.15) is 0 Å². The number of rotatable bonds is 3. The number of hydrogen-bond donors (Lipinski definition) is 1. The van der Waals surface area contributed by atoms with Crippen LogP contribution in [0.3, 0.4) is 0 Å². The molecule has 2 aliphatic rings. The highest BCUT2D eigenvalue weighted by Gasteiger charge is 2.26. The molecule has 130 valence electrons. The molecule has 4 rings (SSSR count). The fourth-order valence-corrected chi connectivity index (χ4v) is 3.80. The van der Waals surface area contributed by atoms with E-state index in [-0.39, 0.29) is 5.91 Å². The predicted octanol–water partition coefficient (Wildman–Crippen LogP) is 1.72. The fraction of sp³-hybridized carbons (Fsp3) is 0.316. The average molecular weight is 404 g/mol. The Morgan fingerprint density at radius 1 is 1.08 bits per heavy atom. The lowest BCUT2D eigenvalue weighted by molar-refractivity contribution is -0.917. The van der Waals surface area contributed by atoms with Crippen molar-refractivity contribution in [2.75, 3.05) is 33.0 Å². The van der Waals surface area contributed by atoms with Crippen molar-refractivity contribution >= 4 is 21.8 Å². The number of nitrogens with one attached hydrogen (secondary N) is 1. The lowest BCUT2D eigenvalue weighted by atomic mass is 10.1. The maximum atomic E-state index is 12.7. The van der Waals surface area contributed by atoms with E-state index in [0.29, 0.717) is 6.79 Å². The van der Waals surface area contributed by atoms with Gasteiger partial charge in [-0.15, -0.1) is 0 Å². The molecule has 0 saturated carbocycles. The number of nitrogens with zero attached hydrogens (tertiary/aromatic N) is 1. The van der Waals surface area contributed by atoms with E-state index in [9.17, 15) is 4.79 Å². The minimum absolute atomic E-state index is 0.106. The first-order valence-electron chi connectivity index (χ1n) is 8.46. The average Bonchev–Trinajstić information content (AvgIpc) is 3.10. The molecule has 0 atom stereocenters. The maximum Gasteiger partial charge on any atom is 0.255 e. The third kappa shape index (κ3) is 3.50. The summed E-state index contributed by atoms with van der Waals surface area (Å²) in [5, 5.41) is 0. The highest BCUT2D eigenvalue weighted by atomic mass is 79.9. The quantitative estimate of drug-likeness (QED) is 0.848. The van der Waals surface area contributed by atoms with Crippen LogP contribution in [0.5, 0.6) is 11.5 Å². The second-order valence-electron chi connectivity index (χ2n) is 6.39. The summed E-state index contributed by atoms with van der Waals surface area (Å²) in [4.78, 5) is 16.1. The molecule has 0 unspecified atom stereocenters. The van der Waals surface area contributed by atoms with Crippen molar-refractivity contribution in [1.82, 2.24) is 4.90 Å². The SMILES string of the molecule is O=C(c1ccccc1Br)N1CC[NH+](Cc2ccc3c(c2)OCO3)CC1. The molecule has 1 N–H and O–H groups in total. The number of carbonyl (C=O) groups is 1. The van der Waals surface area contributed by atoms with Gasteiger partial charge in [0.05, 0.1) is 31.7 Å². The van der Waals surface area contributed by atoms with Crippen LogP contribution in [0.4, 0.5) is 0 Å². The van der Waals surface area contributed by atoms with E-state index in [0.717, 1.165) is 54.3 Å². The van der Waals surface area contributed by atoms with Gasteiger partial charge in [0, 0.05) is 10.0 Å². The Hall–Kier alpha value is -2.05. The molecule has 2 aromatic rings. The summed E-state index contributed by atoms with van der Waals surface area (Å²) in [7, 11) is 0. The zero-order valence-corrected chi connectivity index (χ0v) is 15.4. The largest absolute Gasteiger partial charge is 0.454 e. The number of halogens is 1. The molecule has 5 nitrogen and oxygen atoms in total. The minimum atomic E-state index is 0.106. The molecule has 1 fully saturated rings. The van der Waals surface area contributed by atoms with Gasteiger partial charge in [0.2, 0.25) is 6.79 Å². The van der Waals surface area contributed by atoms with E-state index < -0.39 is 0 Å². The Bertz CT molecular complexity index is 788. The van der Waals surface area contributed by atoms with Gasteiger partial charge in [-0.1, -0.05) is 12.1 Å². The zero-order chi connectivity index (χ0) is 17.2. The number of piperazine rings is 1. The maximum absolute atomic E-state index is 12.7. The molecule has 0 spiro atoms. The summed E-state index contributed by atoms with van der Waals surface area (Å²) in [5.41, 5.74) is 1.98. The molecule has 1 saturated heterocycles. The van der Waals surface area contributed by atoms with E-state index in [1.165, 1.54) is 10.5 Å². The van der Waals surface area contributed by atoms with Crippen LogP contribution in [0.2, 0.25) is 0 Å². The minimum Gasteiger partial charge on any atom is -0.454 e. The van der Waals surface area contributed by atoms with Crippen molar-refractivity contribution in [2.45, 2.75) is 6.54 Å². The molecular weight excluding hydrogens is 384 g/mol. The van der Waals surface area contributed by atoms with Crippen molar-refractivity contribution in [3.63, 3.8) is 0 Å². The van der Waals surface area contributed by atoms with Crippen LogP contribution in [-0.2, 0) is 6.54 Å². The van der Waals surface area contributed by atoms with E-state index >= 15 is 0 Å². The number of benzene rings is 2. The first-order valence-corrected chi connectivity index (χ1v) is 9.26. The second kappa shape index (κ2) is 7.06.